The molecule has 1 heterocycles. The number of carbonyl (C=O) groups is 1. The van der Waals surface area contributed by atoms with Crippen LogP contribution in [0.5, 0.6) is 0 Å². The maximum Gasteiger partial charge on any atom is 0.356 e. The highest BCUT2D eigenvalue weighted by Gasteiger charge is 2.15. The zero-order chi connectivity index (χ0) is 13.7. The summed E-state index contributed by atoms with van der Waals surface area (Å²) in [5.41, 5.74) is 0.501. The van der Waals surface area contributed by atoms with Gasteiger partial charge < -0.3 is 15.3 Å². The number of nitrogens with one attached hydrogen (secondary N) is 1. The Morgan fingerprint density at radius 2 is 2.17 bits per heavy atom. The van der Waals surface area contributed by atoms with E-state index in [1.165, 1.54) is 0 Å². The summed E-state index contributed by atoms with van der Waals surface area (Å²) >= 11 is 0. The molecule has 0 spiro atoms. The lowest BCUT2D eigenvalue weighted by Crippen LogP contribution is -2.22. The van der Waals surface area contributed by atoms with E-state index in [1.807, 2.05) is 32.8 Å². The van der Waals surface area contributed by atoms with Gasteiger partial charge >= 0.3 is 5.97 Å². The van der Waals surface area contributed by atoms with Crippen LogP contribution in [0, 0.1) is 0 Å². The summed E-state index contributed by atoms with van der Waals surface area (Å²) in [6.07, 6.45) is 1.54. The zero-order valence-electron chi connectivity index (χ0n) is 11.3. The third-order valence-electron chi connectivity index (χ3n) is 2.40. The van der Waals surface area contributed by atoms with Gasteiger partial charge in [-0.2, -0.15) is 0 Å². The van der Waals surface area contributed by atoms with Gasteiger partial charge in [-0.1, -0.05) is 13.8 Å². The van der Waals surface area contributed by atoms with Crippen LogP contribution in [0.1, 0.15) is 36.1 Å². The van der Waals surface area contributed by atoms with Gasteiger partial charge in [0, 0.05) is 19.0 Å². The smallest absolute Gasteiger partial charge is 0.356 e. The Morgan fingerprint density at radius 1 is 1.50 bits per heavy atom. The molecule has 0 aliphatic carbocycles. The number of hydrogen-bond acceptors (Lipinski definition) is 5. The number of aromatic carboxylic acids is 1. The first-order chi connectivity index (χ1) is 8.41. The number of hydrogen-bond donors (Lipinski definition) is 2. The van der Waals surface area contributed by atoms with Crippen LogP contribution in [0.25, 0.3) is 0 Å². The van der Waals surface area contributed by atoms with Crippen molar-refractivity contribution in [1.82, 2.24) is 14.9 Å². The van der Waals surface area contributed by atoms with Crippen LogP contribution >= 0.6 is 0 Å². The monoisotopic (exact) mass is 252 g/mol. The van der Waals surface area contributed by atoms with Crippen LogP contribution in [0.4, 0.5) is 5.69 Å². The fraction of sp³-hybridized carbons (Fsp3) is 0.583. The Balaban J connectivity index is 2.87. The molecule has 6 nitrogen and oxygen atoms in total. The molecule has 0 saturated carbocycles. The maximum absolute atomic E-state index is 11.2. The van der Waals surface area contributed by atoms with Gasteiger partial charge in [-0.25, -0.2) is 14.8 Å². The molecule has 0 aromatic carbocycles. The molecule has 0 bridgehead atoms. The van der Waals surface area contributed by atoms with E-state index in [9.17, 15) is 4.79 Å². The number of carboxylic acid groups (broad SMARTS) is 1. The Morgan fingerprint density at radius 3 is 2.67 bits per heavy atom. The molecule has 1 rings (SSSR count). The first-order valence-corrected chi connectivity index (χ1v) is 5.90. The fourth-order valence-corrected chi connectivity index (χ4v) is 1.38. The molecule has 1 aromatic heterocycles. The predicted octanol–water partition coefficient (Wildman–Crippen LogP) is 1.27. The molecule has 0 amide bonds. The number of nitrogens with zero attached hydrogens (tertiary/aromatic N) is 3. The number of rotatable bonds is 6. The lowest BCUT2D eigenvalue weighted by atomic mass is 10.2. The predicted molar refractivity (Wildman–Crippen MR) is 70.1 cm³/mol. The molecule has 100 valence electrons. The second-order valence-electron chi connectivity index (χ2n) is 4.68. The molecule has 0 saturated heterocycles. The van der Waals surface area contributed by atoms with Gasteiger partial charge in [-0.3, -0.25) is 0 Å². The SMILES string of the molecule is CC(C)c1ncc(NCCN(C)C)c(C(=O)O)n1. The van der Waals surface area contributed by atoms with Crippen LogP contribution < -0.4 is 5.32 Å². The lowest BCUT2D eigenvalue weighted by molar-refractivity contribution is 0.0691. The number of carboxylic acids is 1. The molecule has 0 atom stereocenters. The normalized spacial score (nSPS) is 11.0. The van der Waals surface area contributed by atoms with Crippen molar-refractivity contribution in [2.45, 2.75) is 19.8 Å². The third kappa shape index (κ3) is 3.96. The molecular formula is C12H20N4O2. The van der Waals surface area contributed by atoms with Crippen molar-refractivity contribution in [3.05, 3.63) is 17.7 Å². The van der Waals surface area contributed by atoms with E-state index in [2.05, 4.69) is 15.3 Å². The highest BCUT2D eigenvalue weighted by molar-refractivity contribution is 5.91. The van der Waals surface area contributed by atoms with Crippen molar-refractivity contribution in [1.29, 1.82) is 0 Å². The number of aromatic nitrogens is 2. The van der Waals surface area contributed by atoms with E-state index in [0.29, 0.717) is 18.1 Å². The molecule has 0 aliphatic heterocycles. The molecule has 18 heavy (non-hydrogen) atoms. The fourth-order valence-electron chi connectivity index (χ4n) is 1.38. The Hall–Kier alpha value is -1.69. The van der Waals surface area contributed by atoms with Crippen LogP contribution in [-0.2, 0) is 0 Å². The minimum Gasteiger partial charge on any atom is -0.476 e. The van der Waals surface area contributed by atoms with Gasteiger partial charge in [-0.05, 0) is 14.1 Å². The van der Waals surface area contributed by atoms with Gasteiger partial charge in [0.05, 0.1) is 11.9 Å². The first kappa shape index (κ1) is 14.4. The van der Waals surface area contributed by atoms with Crippen molar-refractivity contribution in [2.75, 3.05) is 32.5 Å². The molecule has 2 N–H and O–H groups in total. The largest absolute Gasteiger partial charge is 0.476 e. The summed E-state index contributed by atoms with van der Waals surface area (Å²) < 4.78 is 0. The number of anilines is 1. The van der Waals surface area contributed by atoms with Crippen molar-refractivity contribution < 1.29 is 9.90 Å². The molecule has 1 aromatic rings. The minimum atomic E-state index is -1.04. The highest BCUT2D eigenvalue weighted by atomic mass is 16.4. The minimum absolute atomic E-state index is 0.0347. The summed E-state index contributed by atoms with van der Waals surface area (Å²) in [5, 5.41) is 12.2. The maximum atomic E-state index is 11.2. The van der Waals surface area contributed by atoms with E-state index >= 15 is 0 Å². The van der Waals surface area contributed by atoms with Gasteiger partial charge in [0.25, 0.3) is 0 Å². The topological polar surface area (TPSA) is 78.4 Å². The summed E-state index contributed by atoms with van der Waals surface area (Å²) in [5.74, 6) is -0.379. The van der Waals surface area contributed by atoms with Gasteiger partial charge in [-0.15, -0.1) is 0 Å². The zero-order valence-corrected chi connectivity index (χ0v) is 11.3. The van der Waals surface area contributed by atoms with E-state index in [-0.39, 0.29) is 11.6 Å². The second-order valence-corrected chi connectivity index (χ2v) is 4.68. The van der Waals surface area contributed by atoms with E-state index in [0.717, 1.165) is 6.54 Å². The second kappa shape index (κ2) is 6.30. The van der Waals surface area contributed by atoms with Crippen molar-refractivity contribution >= 4 is 11.7 Å². The Kier molecular flexibility index (Phi) is 5.03. The Bertz CT molecular complexity index is 419. The first-order valence-electron chi connectivity index (χ1n) is 5.90. The van der Waals surface area contributed by atoms with E-state index in [1.54, 1.807) is 6.20 Å². The number of likely N-dealkylation sites (N-methyl/N-ethyl adjacent to an activating group) is 1. The molecule has 0 aliphatic rings. The molecule has 0 unspecified atom stereocenters. The molecule has 0 radical (unpaired) electrons. The highest BCUT2D eigenvalue weighted by Crippen LogP contribution is 2.16. The third-order valence-corrected chi connectivity index (χ3v) is 2.40. The average Bonchev–Trinajstić information content (AvgIpc) is 2.28. The van der Waals surface area contributed by atoms with E-state index in [4.69, 9.17) is 5.11 Å². The van der Waals surface area contributed by atoms with E-state index < -0.39 is 5.97 Å². The van der Waals surface area contributed by atoms with Crippen LogP contribution in [0.15, 0.2) is 6.20 Å². The standard InChI is InChI=1S/C12H20N4O2/c1-8(2)11-14-7-9(10(15-11)12(17)18)13-5-6-16(3)4/h7-8,13H,5-6H2,1-4H3,(H,17,18). The quantitative estimate of drug-likeness (QED) is 0.794. The van der Waals surface area contributed by atoms with Gasteiger partial charge in [0.1, 0.15) is 5.82 Å². The average molecular weight is 252 g/mol. The molecular weight excluding hydrogens is 232 g/mol. The summed E-state index contributed by atoms with van der Waals surface area (Å²) in [7, 11) is 3.91. The molecule has 0 fully saturated rings. The van der Waals surface area contributed by atoms with Crippen LogP contribution in [0.3, 0.4) is 0 Å². The van der Waals surface area contributed by atoms with Crippen molar-refractivity contribution in [3.8, 4) is 0 Å². The molecule has 6 heteroatoms. The summed E-state index contributed by atoms with van der Waals surface area (Å²) in [4.78, 5) is 21.4. The summed E-state index contributed by atoms with van der Waals surface area (Å²) in [6, 6.07) is 0. The van der Waals surface area contributed by atoms with Gasteiger partial charge in [0.15, 0.2) is 5.69 Å². The lowest BCUT2D eigenvalue weighted by Gasteiger charge is -2.13. The van der Waals surface area contributed by atoms with Crippen molar-refractivity contribution in [2.24, 2.45) is 0 Å². The van der Waals surface area contributed by atoms with Crippen LogP contribution in [-0.4, -0.2) is 53.1 Å². The Labute approximate surface area is 107 Å². The van der Waals surface area contributed by atoms with Crippen molar-refractivity contribution in [3.63, 3.8) is 0 Å². The van der Waals surface area contributed by atoms with Crippen LogP contribution in [0.2, 0.25) is 0 Å². The summed E-state index contributed by atoms with van der Waals surface area (Å²) in [6.45, 7) is 5.32. The van der Waals surface area contributed by atoms with Gasteiger partial charge in [0.2, 0.25) is 0 Å².